The van der Waals surface area contributed by atoms with Gasteiger partial charge in [0, 0.05) is 17.6 Å². The van der Waals surface area contributed by atoms with Crippen molar-refractivity contribution in [1.29, 1.82) is 0 Å². The molecule has 2 N–H and O–H groups in total. The molecule has 0 spiro atoms. The lowest BCUT2D eigenvalue weighted by atomic mass is 10.1. The molecule has 1 heterocycles. The first-order chi connectivity index (χ1) is 9.38. The molecule has 2 aromatic rings. The summed E-state index contributed by atoms with van der Waals surface area (Å²) in [6.45, 7) is 1.96. The number of thiophene rings is 1. The lowest BCUT2D eigenvalue weighted by molar-refractivity contribution is 0.0781. The molecule has 0 fully saturated rings. The summed E-state index contributed by atoms with van der Waals surface area (Å²) in [5.74, 6) is -0.928. The van der Waals surface area contributed by atoms with Crippen LogP contribution in [0.15, 0.2) is 24.3 Å². The molecule has 0 aliphatic rings. The van der Waals surface area contributed by atoms with Crippen LogP contribution in [0.25, 0.3) is 0 Å². The van der Waals surface area contributed by atoms with E-state index in [0.29, 0.717) is 22.1 Å². The Kier molecular flexibility index (Phi) is 4.30. The minimum Gasteiger partial charge on any atom is -0.399 e. The molecule has 0 radical (unpaired) electrons. The van der Waals surface area contributed by atoms with E-state index < -0.39 is 11.7 Å². The zero-order valence-corrected chi connectivity index (χ0v) is 12.7. The molecule has 1 aromatic carbocycles. The van der Waals surface area contributed by atoms with E-state index in [2.05, 4.69) is 0 Å². The fourth-order valence-corrected chi connectivity index (χ4v) is 3.04. The molecule has 0 saturated carbocycles. The molecule has 0 aliphatic carbocycles. The molecule has 106 valence electrons. The molecule has 20 heavy (non-hydrogen) atoms. The third-order valence-corrected chi connectivity index (χ3v) is 4.09. The molecule has 0 unspecified atom stereocenters. The zero-order chi connectivity index (χ0) is 14.9. The monoisotopic (exact) mass is 312 g/mol. The van der Waals surface area contributed by atoms with Crippen molar-refractivity contribution in [3.8, 4) is 0 Å². The quantitative estimate of drug-likeness (QED) is 0.878. The van der Waals surface area contributed by atoms with Gasteiger partial charge in [-0.3, -0.25) is 4.79 Å². The average molecular weight is 313 g/mol. The maximum absolute atomic E-state index is 14.0. The van der Waals surface area contributed by atoms with Crippen molar-refractivity contribution >= 4 is 34.5 Å². The Bertz CT molecular complexity index is 657. The smallest absolute Gasteiger partial charge is 0.256 e. The van der Waals surface area contributed by atoms with E-state index in [-0.39, 0.29) is 5.56 Å². The summed E-state index contributed by atoms with van der Waals surface area (Å²) in [4.78, 5) is 14.7. The third kappa shape index (κ3) is 3.11. The number of nitrogens with zero attached hydrogens (tertiary/aromatic N) is 1. The van der Waals surface area contributed by atoms with Crippen LogP contribution in [0.3, 0.4) is 0 Å². The van der Waals surface area contributed by atoms with E-state index in [9.17, 15) is 9.18 Å². The van der Waals surface area contributed by atoms with Crippen molar-refractivity contribution < 1.29 is 9.18 Å². The average Bonchev–Trinajstić information content (AvgIpc) is 2.78. The number of halogens is 2. The Hall–Kier alpha value is -1.59. The van der Waals surface area contributed by atoms with Crippen molar-refractivity contribution in [1.82, 2.24) is 4.90 Å². The first-order valence-electron chi connectivity index (χ1n) is 5.93. The summed E-state index contributed by atoms with van der Waals surface area (Å²) >= 11 is 7.24. The topological polar surface area (TPSA) is 46.3 Å². The lowest BCUT2D eigenvalue weighted by Crippen LogP contribution is -2.27. The number of amides is 1. The Morgan fingerprint density at radius 3 is 2.75 bits per heavy atom. The van der Waals surface area contributed by atoms with Crippen molar-refractivity contribution in [2.45, 2.75) is 13.5 Å². The SMILES string of the molecule is Cc1cc(N)cc(C(=O)N(C)Cc2ccc(Cl)s2)c1F. The van der Waals surface area contributed by atoms with Crippen molar-refractivity contribution in [3.63, 3.8) is 0 Å². The van der Waals surface area contributed by atoms with Crippen LogP contribution in [0.5, 0.6) is 0 Å². The third-order valence-electron chi connectivity index (χ3n) is 2.88. The van der Waals surface area contributed by atoms with Crippen LogP contribution in [0, 0.1) is 12.7 Å². The van der Waals surface area contributed by atoms with Gasteiger partial charge in [-0.25, -0.2) is 4.39 Å². The molecule has 3 nitrogen and oxygen atoms in total. The first kappa shape index (κ1) is 14.8. The van der Waals surface area contributed by atoms with Crippen LogP contribution in [0.1, 0.15) is 20.8 Å². The Labute approximate surface area is 125 Å². The Morgan fingerprint density at radius 1 is 1.45 bits per heavy atom. The van der Waals surface area contributed by atoms with E-state index >= 15 is 0 Å². The number of nitrogen functional groups attached to an aromatic ring is 1. The number of nitrogens with two attached hydrogens (primary N) is 1. The summed E-state index contributed by atoms with van der Waals surface area (Å²) in [6.07, 6.45) is 0. The van der Waals surface area contributed by atoms with E-state index in [4.69, 9.17) is 17.3 Å². The van der Waals surface area contributed by atoms with E-state index in [1.54, 1.807) is 20.0 Å². The number of rotatable bonds is 3. The van der Waals surface area contributed by atoms with Crippen LogP contribution >= 0.6 is 22.9 Å². The fourth-order valence-electron chi connectivity index (χ4n) is 1.90. The van der Waals surface area contributed by atoms with Crippen LogP contribution in [0.4, 0.5) is 10.1 Å². The van der Waals surface area contributed by atoms with Crippen LogP contribution < -0.4 is 5.73 Å². The predicted octanol–water partition coefficient (Wildman–Crippen LogP) is 3.70. The minimum absolute atomic E-state index is 0.00680. The summed E-state index contributed by atoms with van der Waals surface area (Å²) in [5, 5.41) is 0. The molecule has 0 atom stereocenters. The van der Waals surface area contributed by atoms with Crippen molar-refractivity contribution in [3.05, 3.63) is 50.4 Å². The zero-order valence-electron chi connectivity index (χ0n) is 11.1. The number of aryl methyl sites for hydroxylation is 1. The van der Waals surface area contributed by atoms with Gasteiger partial charge < -0.3 is 10.6 Å². The van der Waals surface area contributed by atoms with Gasteiger partial charge in [0.2, 0.25) is 0 Å². The maximum atomic E-state index is 14.0. The minimum atomic E-state index is -0.528. The van der Waals surface area contributed by atoms with Gasteiger partial charge in [-0.15, -0.1) is 11.3 Å². The van der Waals surface area contributed by atoms with Crippen molar-refractivity contribution in [2.24, 2.45) is 0 Å². The van der Waals surface area contributed by atoms with Crippen molar-refractivity contribution in [2.75, 3.05) is 12.8 Å². The lowest BCUT2D eigenvalue weighted by Gasteiger charge is -2.17. The van der Waals surface area contributed by atoms with Crippen LogP contribution in [0.2, 0.25) is 4.34 Å². The normalized spacial score (nSPS) is 10.6. The molecule has 0 saturated heterocycles. The molecular weight excluding hydrogens is 299 g/mol. The summed E-state index contributed by atoms with van der Waals surface area (Å²) in [7, 11) is 1.62. The number of hydrogen-bond donors (Lipinski definition) is 1. The number of carbonyl (C=O) groups excluding carboxylic acids is 1. The van der Waals surface area contributed by atoms with Gasteiger partial charge in [0.1, 0.15) is 5.82 Å². The van der Waals surface area contributed by atoms with Gasteiger partial charge in [-0.1, -0.05) is 11.6 Å². The van der Waals surface area contributed by atoms with E-state index in [1.165, 1.54) is 28.4 Å². The van der Waals surface area contributed by atoms with Gasteiger partial charge in [0.05, 0.1) is 16.4 Å². The van der Waals surface area contributed by atoms with Gasteiger partial charge in [0.15, 0.2) is 0 Å². The molecular formula is C14H14ClFN2OS. The Morgan fingerprint density at radius 2 is 2.15 bits per heavy atom. The highest BCUT2D eigenvalue weighted by molar-refractivity contribution is 7.16. The summed E-state index contributed by atoms with van der Waals surface area (Å²) in [6, 6.07) is 6.48. The number of hydrogen-bond acceptors (Lipinski definition) is 3. The van der Waals surface area contributed by atoms with E-state index in [0.717, 1.165) is 4.88 Å². The highest BCUT2D eigenvalue weighted by Crippen LogP contribution is 2.24. The highest BCUT2D eigenvalue weighted by atomic mass is 35.5. The van der Waals surface area contributed by atoms with Gasteiger partial charge in [0.25, 0.3) is 5.91 Å². The fraction of sp³-hybridized carbons (Fsp3) is 0.214. The van der Waals surface area contributed by atoms with Crippen LogP contribution in [-0.4, -0.2) is 17.9 Å². The van der Waals surface area contributed by atoms with Crippen LogP contribution in [-0.2, 0) is 6.54 Å². The second-order valence-corrected chi connectivity index (χ2v) is 6.37. The van der Waals surface area contributed by atoms with Gasteiger partial charge >= 0.3 is 0 Å². The number of benzene rings is 1. The second-order valence-electron chi connectivity index (χ2n) is 4.57. The largest absolute Gasteiger partial charge is 0.399 e. The summed E-state index contributed by atoms with van der Waals surface area (Å²) < 4.78 is 14.7. The number of anilines is 1. The molecule has 0 bridgehead atoms. The maximum Gasteiger partial charge on any atom is 0.256 e. The summed E-state index contributed by atoms with van der Waals surface area (Å²) in [5.41, 5.74) is 6.40. The van der Waals surface area contributed by atoms with Gasteiger partial charge in [-0.2, -0.15) is 0 Å². The molecule has 0 aliphatic heterocycles. The highest BCUT2D eigenvalue weighted by Gasteiger charge is 2.19. The molecule has 1 amide bonds. The molecule has 1 aromatic heterocycles. The second kappa shape index (κ2) is 5.81. The standard InChI is InChI=1S/C14H14ClFN2OS/c1-8-5-9(17)6-11(13(8)16)14(19)18(2)7-10-3-4-12(15)20-10/h3-6H,7,17H2,1-2H3. The molecule has 2 rings (SSSR count). The van der Waals surface area contributed by atoms with Gasteiger partial charge in [-0.05, 0) is 36.8 Å². The molecule has 6 heteroatoms. The first-order valence-corrected chi connectivity index (χ1v) is 7.13. The Balaban J connectivity index is 2.22. The number of carbonyl (C=O) groups is 1. The van der Waals surface area contributed by atoms with E-state index in [1.807, 2.05) is 6.07 Å². The predicted molar refractivity (Wildman–Crippen MR) is 80.7 cm³/mol.